The van der Waals surface area contributed by atoms with Crippen molar-refractivity contribution in [3.8, 4) is 0 Å². The van der Waals surface area contributed by atoms with Crippen molar-refractivity contribution in [3.63, 3.8) is 0 Å². The number of carbonyl (C=O) groups excluding carboxylic acids is 2. The largest absolute Gasteiger partial charge is 0.480 e. The summed E-state index contributed by atoms with van der Waals surface area (Å²) >= 11 is 0. The second-order valence-electron chi connectivity index (χ2n) is 5.46. The summed E-state index contributed by atoms with van der Waals surface area (Å²) in [5, 5.41) is 8.55. The molecule has 0 rings (SSSR count). The van der Waals surface area contributed by atoms with Crippen LogP contribution in [0.25, 0.3) is 0 Å². The fraction of sp³-hybridized carbons (Fsp3) is 0.769. The number of esters is 1. The smallest absolute Gasteiger partial charge is 0.320 e. The van der Waals surface area contributed by atoms with Gasteiger partial charge in [-0.3, -0.25) is 14.4 Å². The van der Waals surface area contributed by atoms with Crippen LogP contribution >= 0.6 is 0 Å². The van der Waals surface area contributed by atoms with Crippen molar-refractivity contribution in [1.82, 2.24) is 0 Å². The van der Waals surface area contributed by atoms with E-state index in [1.807, 2.05) is 0 Å². The number of nitrogens with two attached hydrogens (primary N) is 1. The SMILES string of the molecule is CC(C)(C)OC(=O)CCCC(=O)CC[C@H](N)C(=O)O. The molecule has 0 aromatic rings. The van der Waals surface area contributed by atoms with Gasteiger partial charge in [0.2, 0.25) is 0 Å². The van der Waals surface area contributed by atoms with Crippen molar-refractivity contribution in [2.45, 2.75) is 64.5 Å². The first-order valence-electron chi connectivity index (χ1n) is 6.34. The number of ketones is 1. The van der Waals surface area contributed by atoms with Gasteiger partial charge in [-0.25, -0.2) is 0 Å². The molecule has 0 spiro atoms. The summed E-state index contributed by atoms with van der Waals surface area (Å²) in [7, 11) is 0. The van der Waals surface area contributed by atoms with E-state index in [0.717, 1.165) is 0 Å². The lowest BCUT2D eigenvalue weighted by Crippen LogP contribution is -2.30. The summed E-state index contributed by atoms with van der Waals surface area (Å²) in [6.45, 7) is 5.34. The minimum atomic E-state index is -1.11. The Morgan fingerprint density at radius 3 is 2.21 bits per heavy atom. The van der Waals surface area contributed by atoms with Crippen LogP contribution in [0, 0.1) is 0 Å². The Balaban J connectivity index is 3.75. The molecule has 0 aromatic heterocycles. The van der Waals surface area contributed by atoms with E-state index in [4.69, 9.17) is 15.6 Å². The lowest BCUT2D eigenvalue weighted by molar-refractivity contribution is -0.154. The number of hydrogen-bond acceptors (Lipinski definition) is 5. The monoisotopic (exact) mass is 273 g/mol. The highest BCUT2D eigenvalue weighted by atomic mass is 16.6. The molecule has 6 heteroatoms. The van der Waals surface area contributed by atoms with Crippen molar-refractivity contribution in [2.75, 3.05) is 0 Å². The Hall–Kier alpha value is -1.43. The molecule has 1 atom stereocenters. The molecule has 0 fully saturated rings. The molecule has 0 aromatic carbocycles. The topological polar surface area (TPSA) is 107 Å². The molecule has 19 heavy (non-hydrogen) atoms. The zero-order valence-corrected chi connectivity index (χ0v) is 11.8. The van der Waals surface area contributed by atoms with E-state index < -0.39 is 17.6 Å². The van der Waals surface area contributed by atoms with Gasteiger partial charge >= 0.3 is 11.9 Å². The molecule has 0 aliphatic carbocycles. The third-order valence-electron chi connectivity index (χ3n) is 2.31. The van der Waals surface area contributed by atoms with Crippen molar-refractivity contribution in [1.29, 1.82) is 0 Å². The van der Waals surface area contributed by atoms with E-state index in [0.29, 0.717) is 6.42 Å². The molecular formula is C13H23NO5. The van der Waals surface area contributed by atoms with Crippen molar-refractivity contribution in [3.05, 3.63) is 0 Å². The van der Waals surface area contributed by atoms with Gasteiger partial charge in [0.15, 0.2) is 0 Å². The first kappa shape index (κ1) is 17.6. The lowest BCUT2D eigenvalue weighted by atomic mass is 10.1. The van der Waals surface area contributed by atoms with Crippen LogP contribution < -0.4 is 5.73 Å². The van der Waals surface area contributed by atoms with E-state index in [1.54, 1.807) is 20.8 Å². The van der Waals surface area contributed by atoms with Crippen molar-refractivity contribution >= 4 is 17.7 Å². The molecule has 0 amide bonds. The highest BCUT2D eigenvalue weighted by molar-refractivity contribution is 5.80. The number of ether oxygens (including phenoxy) is 1. The Kier molecular flexibility index (Phi) is 7.29. The summed E-state index contributed by atoms with van der Waals surface area (Å²) in [6, 6.07) is -1.00. The van der Waals surface area contributed by atoms with E-state index in [1.165, 1.54) is 0 Å². The third kappa shape index (κ3) is 10.2. The zero-order chi connectivity index (χ0) is 15.1. The fourth-order valence-electron chi connectivity index (χ4n) is 1.39. The van der Waals surface area contributed by atoms with Crippen LogP contribution in [0.15, 0.2) is 0 Å². The molecule has 0 aliphatic heterocycles. The first-order chi connectivity index (χ1) is 8.61. The minimum Gasteiger partial charge on any atom is -0.480 e. The molecule has 0 radical (unpaired) electrons. The Bertz CT molecular complexity index is 332. The number of carboxylic acids is 1. The number of carboxylic acid groups (broad SMARTS) is 1. The second kappa shape index (κ2) is 7.89. The van der Waals surface area contributed by atoms with Gasteiger partial charge in [0.05, 0.1) is 0 Å². The van der Waals surface area contributed by atoms with Gasteiger partial charge in [0.1, 0.15) is 17.4 Å². The minimum absolute atomic E-state index is 0.0831. The second-order valence-corrected chi connectivity index (χ2v) is 5.46. The number of hydrogen-bond donors (Lipinski definition) is 2. The van der Waals surface area contributed by atoms with Crippen LogP contribution in [0.5, 0.6) is 0 Å². The quantitative estimate of drug-likeness (QED) is 0.645. The summed E-state index contributed by atoms with van der Waals surface area (Å²) in [4.78, 5) is 33.3. The molecular weight excluding hydrogens is 250 g/mol. The molecule has 0 unspecified atom stereocenters. The van der Waals surface area contributed by atoms with Gasteiger partial charge in [-0.2, -0.15) is 0 Å². The maximum absolute atomic E-state index is 11.4. The third-order valence-corrected chi connectivity index (χ3v) is 2.31. The average molecular weight is 273 g/mol. The van der Waals surface area contributed by atoms with Gasteiger partial charge in [-0.1, -0.05) is 0 Å². The molecule has 110 valence electrons. The fourth-order valence-corrected chi connectivity index (χ4v) is 1.39. The highest BCUT2D eigenvalue weighted by Gasteiger charge is 2.17. The van der Waals surface area contributed by atoms with Crippen LogP contribution in [0.4, 0.5) is 0 Å². The predicted molar refractivity (Wildman–Crippen MR) is 69.5 cm³/mol. The molecule has 0 aliphatic rings. The number of rotatable bonds is 8. The Morgan fingerprint density at radius 1 is 1.16 bits per heavy atom. The normalized spacial score (nSPS) is 12.8. The first-order valence-corrected chi connectivity index (χ1v) is 6.34. The summed E-state index contributed by atoms with van der Waals surface area (Å²) in [6.07, 6.45) is 1.10. The predicted octanol–water partition coefficient (Wildman–Crippen LogP) is 1.26. The van der Waals surface area contributed by atoms with Crippen LogP contribution in [0.3, 0.4) is 0 Å². The molecule has 6 nitrogen and oxygen atoms in total. The standard InChI is InChI=1S/C13H23NO5/c1-13(2,3)19-11(16)6-4-5-9(15)7-8-10(14)12(17)18/h10H,4-8,14H2,1-3H3,(H,17,18)/t10-/m0/s1. The summed E-state index contributed by atoms with van der Waals surface area (Å²) < 4.78 is 5.10. The summed E-state index contributed by atoms with van der Waals surface area (Å²) in [5.41, 5.74) is 4.77. The molecule has 0 saturated heterocycles. The maximum atomic E-state index is 11.4. The summed E-state index contributed by atoms with van der Waals surface area (Å²) in [5.74, 6) is -1.52. The molecule has 0 saturated carbocycles. The van der Waals surface area contributed by atoms with Crippen LogP contribution in [-0.4, -0.2) is 34.5 Å². The molecule has 0 heterocycles. The number of aliphatic carboxylic acids is 1. The number of Topliss-reactive ketones (excluding diaryl/α,β-unsaturated/α-hetero) is 1. The van der Waals surface area contributed by atoms with E-state index in [2.05, 4.69) is 0 Å². The van der Waals surface area contributed by atoms with Gasteiger partial charge in [0, 0.05) is 19.3 Å². The van der Waals surface area contributed by atoms with Crippen LogP contribution in [0.1, 0.15) is 52.9 Å². The highest BCUT2D eigenvalue weighted by Crippen LogP contribution is 2.10. The van der Waals surface area contributed by atoms with Gasteiger partial charge in [0.25, 0.3) is 0 Å². The van der Waals surface area contributed by atoms with E-state index >= 15 is 0 Å². The van der Waals surface area contributed by atoms with Gasteiger partial charge < -0.3 is 15.6 Å². The Labute approximate surface area is 113 Å². The van der Waals surface area contributed by atoms with Crippen LogP contribution in [-0.2, 0) is 19.1 Å². The van der Waals surface area contributed by atoms with Gasteiger partial charge in [-0.15, -0.1) is 0 Å². The molecule has 0 bridgehead atoms. The van der Waals surface area contributed by atoms with Crippen LogP contribution in [0.2, 0.25) is 0 Å². The lowest BCUT2D eigenvalue weighted by Gasteiger charge is -2.19. The average Bonchev–Trinajstić information content (AvgIpc) is 2.23. The van der Waals surface area contributed by atoms with E-state index in [9.17, 15) is 14.4 Å². The zero-order valence-electron chi connectivity index (χ0n) is 11.8. The van der Waals surface area contributed by atoms with E-state index in [-0.39, 0.29) is 37.4 Å². The Morgan fingerprint density at radius 2 is 1.74 bits per heavy atom. The number of carbonyl (C=O) groups is 3. The van der Waals surface area contributed by atoms with Crippen molar-refractivity contribution in [2.24, 2.45) is 5.73 Å². The van der Waals surface area contributed by atoms with Crippen molar-refractivity contribution < 1.29 is 24.2 Å². The maximum Gasteiger partial charge on any atom is 0.320 e. The molecule has 3 N–H and O–H groups in total. The van der Waals surface area contributed by atoms with Gasteiger partial charge in [-0.05, 0) is 33.6 Å².